The van der Waals surface area contributed by atoms with E-state index in [1.54, 1.807) is 0 Å². The maximum atomic E-state index is 13.6. The number of amides is 1. The SMILES string of the molecule is O=C(CNS(=O)(=O)c1cc(Br)ccc1F)Nc1ccc(F)cc1. The van der Waals surface area contributed by atoms with Crippen LogP contribution in [0.15, 0.2) is 51.8 Å². The van der Waals surface area contributed by atoms with E-state index < -0.39 is 39.0 Å². The number of hydrogen-bond acceptors (Lipinski definition) is 3. The minimum Gasteiger partial charge on any atom is -0.325 e. The Hall–Kier alpha value is -1.84. The minimum atomic E-state index is -4.18. The lowest BCUT2D eigenvalue weighted by atomic mass is 10.3. The van der Waals surface area contributed by atoms with Gasteiger partial charge >= 0.3 is 0 Å². The van der Waals surface area contributed by atoms with Gasteiger partial charge in [-0.15, -0.1) is 0 Å². The Morgan fingerprint density at radius 2 is 1.74 bits per heavy atom. The lowest BCUT2D eigenvalue weighted by Gasteiger charge is -2.09. The highest BCUT2D eigenvalue weighted by molar-refractivity contribution is 9.10. The summed E-state index contributed by atoms with van der Waals surface area (Å²) in [4.78, 5) is 11.1. The highest BCUT2D eigenvalue weighted by Crippen LogP contribution is 2.19. The maximum Gasteiger partial charge on any atom is 0.243 e. The smallest absolute Gasteiger partial charge is 0.243 e. The number of nitrogens with one attached hydrogen (secondary N) is 2. The number of carbonyl (C=O) groups excluding carboxylic acids is 1. The van der Waals surface area contributed by atoms with E-state index >= 15 is 0 Å². The molecule has 0 fully saturated rings. The molecule has 0 aliphatic rings. The zero-order chi connectivity index (χ0) is 17.0. The summed E-state index contributed by atoms with van der Waals surface area (Å²) in [6, 6.07) is 8.40. The molecule has 0 aliphatic heterocycles. The van der Waals surface area contributed by atoms with Crippen LogP contribution < -0.4 is 10.0 Å². The molecule has 5 nitrogen and oxygen atoms in total. The van der Waals surface area contributed by atoms with Gasteiger partial charge in [-0.25, -0.2) is 21.9 Å². The van der Waals surface area contributed by atoms with Gasteiger partial charge < -0.3 is 5.32 Å². The third-order valence-electron chi connectivity index (χ3n) is 2.73. The molecule has 0 heterocycles. The molecule has 0 aromatic heterocycles. The van der Waals surface area contributed by atoms with Crippen LogP contribution in [0, 0.1) is 11.6 Å². The Kier molecular flexibility index (Phi) is 5.45. The largest absolute Gasteiger partial charge is 0.325 e. The van der Waals surface area contributed by atoms with E-state index in [9.17, 15) is 22.0 Å². The Bertz CT molecular complexity index is 826. The van der Waals surface area contributed by atoms with Crippen LogP contribution in [0.25, 0.3) is 0 Å². The van der Waals surface area contributed by atoms with E-state index in [0.29, 0.717) is 10.2 Å². The summed E-state index contributed by atoms with van der Waals surface area (Å²) in [5.41, 5.74) is 0.309. The van der Waals surface area contributed by atoms with E-state index in [0.717, 1.165) is 24.3 Å². The molecule has 2 aromatic carbocycles. The second-order valence-corrected chi connectivity index (χ2v) is 7.11. The van der Waals surface area contributed by atoms with E-state index in [2.05, 4.69) is 21.2 Å². The Balaban J connectivity index is 2.02. The highest BCUT2D eigenvalue weighted by Gasteiger charge is 2.20. The van der Waals surface area contributed by atoms with Crippen molar-refractivity contribution in [3.8, 4) is 0 Å². The normalized spacial score (nSPS) is 11.3. The molecular formula is C14H11BrF2N2O3S. The van der Waals surface area contributed by atoms with Crippen molar-refractivity contribution in [2.45, 2.75) is 4.90 Å². The van der Waals surface area contributed by atoms with E-state index in [4.69, 9.17) is 0 Å². The maximum absolute atomic E-state index is 13.6. The van der Waals surface area contributed by atoms with Crippen LogP contribution in [-0.4, -0.2) is 20.9 Å². The fourth-order valence-corrected chi connectivity index (χ4v) is 3.26. The Morgan fingerprint density at radius 1 is 1.09 bits per heavy atom. The second-order valence-electron chi connectivity index (χ2n) is 4.45. The molecule has 9 heteroatoms. The number of hydrogen-bond donors (Lipinski definition) is 2. The molecule has 122 valence electrons. The molecular weight excluding hydrogens is 394 g/mol. The van der Waals surface area contributed by atoms with E-state index in [-0.39, 0.29) is 0 Å². The van der Waals surface area contributed by atoms with Crippen molar-refractivity contribution in [1.29, 1.82) is 0 Å². The van der Waals surface area contributed by atoms with E-state index in [1.807, 2.05) is 4.72 Å². The monoisotopic (exact) mass is 404 g/mol. The molecule has 0 bridgehead atoms. The van der Waals surface area contributed by atoms with Crippen molar-refractivity contribution >= 4 is 37.5 Å². The summed E-state index contributed by atoms with van der Waals surface area (Å²) in [6.45, 7) is -0.592. The van der Waals surface area contributed by atoms with Crippen molar-refractivity contribution in [3.63, 3.8) is 0 Å². The Labute approximate surface area is 139 Å². The van der Waals surface area contributed by atoms with Crippen molar-refractivity contribution in [2.24, 2.45) is 0 Å². The standard InChI is InChI=1S/C14H11BrF2N2O3S/c15-9-1-6-12(17)13(7-9)23(21,22)18-8-14(20)19-11-4-2-10(16)3-5-11/h1-7,18H,8H2,(H,19,20). The molecule has 0 saturated carbocycles. The second kappa shape index (κ2) is 7.16. The molecule has 2 N–H and O–H groups in total. The van der Waals surface area contributed by atoms with Crippen LogP contribution in [0.4, 0.5) is 14.5 Å². The van der Waals surface area contributed by atoms with Crippen molar-refractivity contribution in [1.82, 2.24) is 4.72 Å². The predicted octanol–water partition coefficient (Wildman–Crippen LogP) is 2.64. The lowest BCUT2D eigenvalue weighted by molar-refractivity contribution is -0.115. The van der Waals surface area contributed by atoms with Crippen LogP contribution in [0.3, 0.4) is 0 Å². The van der Waals surface area contributed by atoms with Crippen molar-refractivity contribution in [3.05, 3.63) is 58.6 Å². The summed E-state index contributed by atoms with van der Waals surface area (Å²) in [6.07, 6.45) is 0. The van der Waals surface area contributed by atoms with Crippen LogP contribution >= 0.6 is 15.9 Å². The first-order chi connectivity index (χ1) is 10.8. The van der Waals surface area contributed by atoms with Gasteiger partial charge in [0.05, 0.1) is 6.54 Å². The van der Waals surface area contributed by atoms with Gasteiger partial charge in [0.2, 0.25) is 15.9 Å². The molecule has 0 radical (unpaired) electrons. The van der Waals surface area contributed by atoms with Crippen LogP contribution in [-0.2, 0) is 14.8 Å². The van der Waals surface area contributed by atoms with Crippen molar-refractivity contribution in [2.75, 3.05) is 11.9 Å². The molecule has 0 saturated heterocycles. The Morgan fingerprint density at radius 3 is 2.39 bits per heavy atom. The number of anilines is 1. The molecule has 1 amide bonds. The van der Waals surface area contributed by atoms with Crippen LogP contribution in [0.1, 0.15) is 0 Å². The van der Waals surface area contributed by atoms with Gasteiger partial charge in [-0.2, -0.15) is 0 Å². The molecule has 0 spiro atoms. The first kappa shape index (κ1) is 17.5. The lowest BCUT2D eigenvalue weighted by Crippen LogP contribution is -2.33. The van der Waals surface area contributed by atoms with Gasteiger partial charge in [0.25, 0.3) is 0 Å². The average Bonchev–Trinajstić information content (AvgIpc) is 2.50. The van der Waals surface area contributed by atoms with Gasteiger partial charge in [0.15, 0.2) is 0 Å². The quantitative estimate of drug-likeness (QED) is 0.804. The number of rotatable bonds is 5. The zero-order valence-corrected chi connectivity index (χ0v) is 13.9. The predicted molar refractivity (Wildman–Crippen MR) is 84.3 cm³/mol. The van der Waals surface area contributed by atoms with E-state index in [1.165, 1.54) is 18.2 Å². The van der Waals surface area contributed by atoms with Gasteiger partial charge in [-0.1, -0.05) is 15.9 Å². The van der Waals surface area contributed by atoms with Gasteiger partial charge in [0.1, 0.15) is 16.5 Å². The van der Waals surface area contributed by atoms with Crippen molar-refractivity contribution < 1.29 is 22.0 Å². The molecule has 2 rings (SSSR count). The molecule has 0 atom stereocenters. The highest BCUT2D eigenvalue weighted by atomic mass is 79.9. The molecule has 23 heavy (non-hydrogen) atoms. The summed E-state index contributed by atoms with van der Waals surface area (Å²) >= 11 is 3.05. The minimum absolute atomic E-state index is 0.309. The van der Waals surface area contributed by atoms with Gasteiger partial charge in [-0.3, -0.25) is 4.79 Å². The fourth-order valence-electron chi connectivity index (χ4n) is 1.66. The zero-order valence-electron chi connectivity index (χ0n) is 11.5. The summed E-state index contributed by atoms with van der Waals surface area (Å²) in [7, 11) is -4.18. The molecule has 0 unspecified atom stereocenters. The van der Waals surface area contributed by atoms with Gasteiger partial charge in [-0.05, 0) is 42.5 Å². The molecule has 2 aromatic rings. The third-order valence-corrected chi connectivity index (χ3v) is 4.64. The van der Waals surface area contributed by atoms with Crippen LogP contribution in [0.5, 0.6) is 0 Å². The fraction of sp³-hybridized carbons (Fsp3) is 0.0714. The van der Waals surface area contributed by atoms with Gasteiger partial charge in [0, 0.05) is 10.2 Å². The first-order valence-corrected chi connectivity index (χ1v) is 8.56. The number of sulfonamides is 1. The number of halogens is 3. The first-order valence-electron chi connectivity index (χ1n) is 6.28. The summed E-state index contributed by atoms with van der Waals surface area (Å²) < 4.78 is 52.7. The number of benzene rings is 2. The topological polar surface area (TPSA) is 75.3 Å². The number of carbonyl (C=O) groups is 1. The summed E-state index contributed by atoms with van der Waals surface area (Å²) in [5, 5.41) is 2.38. The third kappa shape index (κ3) is 4.81. The molecule has 0 aliphatic carbocycles. The average molecular weight is 405 g/mol. The van der Waals surface area contributed by atoms with Crippen LogP contribution in [0.2, 0.25) is 0 Å². The summed E-state index contributed by atoms with van der Waals surface area (Å²) in [5.74, 6) is -2.07.